The third-order valence-corrected chi connectivity index (χ3v) is 2.12. The molecule has 0 spiro atoms. The molecule has 1 aromatic rings. The number of hydrogen-bond donors (Lipinski definition) is 1. The van der Waals surface area contributed by atoms with Crippen LogP contribution < -0.4 is 9.47 Å². The first kappa shape index (κ1) is 14.3. The van der Waals surface area contributed by atoms with Crippen LogP contribution in [0.15, 0.2) is 18.2 Å². The molecule has 1 atom stereocenters. The SMILES string of the molecule is COc1ccc(OCC(O)C(F)(F)F)c(C=O)c1. The van der Waals surface area contributed by atoms with Crippen molar-refractivity contribution in [1.29, 1.82) is 0 Å². The molecule has 0 fully saturated rings. The second kappa shape index (κ2) is 5.72. The Balaban J connectivity index is 2.76. The summed E-state index contributed by atoms with van der Waals surface area (Å²) in [5.74, 6) is 0.329. The number of hydrogen-bond acceptors (Lipinski definition) is 4. The van der Waals surface area contributed by atoms with Gasteiger partial charge in [0.05, 0.1) is 12.7 Å². The number of methoxy groups -OCH3 is 1. The Morgan fingerprint density at radius 3 is 2.61 bits per heavy atom. The first-order valence-electron chi connectivity index (χ1n) is 4.89. The fourth-order valence-corrected chi connectivity index (χ4v) is 1.14. The van der Waals surface area contributed by atoms with Gasteiger partial charge in [-0.05, 0) is 18.2 Å². The highest BCUT2D eigenvalue weighted by atomic mass is 19.4. The van der Waals surface area contributed by atoms with Gasteiger partial charge in [-0.25, -0.2) is 0 Å². The number of ether oxygens (including phenoxy) is 2. The molecular formula is C11H11F3O4. The first-order valence-corrected chi connectivity index (χ1v) is 4.89. The molecule has 0 heterocycles. The van der Waals surface area contributed by atoms with E-state index in [2.05, 4.69) is 0 Å². The van der Waals surface area contributed by atoms with Crippen LogP contribution in [0.2, 0.25) is 0 Å². The summed E-state index contributed by atoms with van der Waals surface area (Å²) < 4.78 is 45.7. The summed E-state index contributed by atoms with van der Waals surface area (Å²) in [6.07, 6.45) is -6.93. The molecule has 0 saturated heterocycles. The Hall–Kier alpha value is -1.76. The number of benzene rings is 1. The van der Waals surface area contributed by atoms with Crippen molar-refractivity contribution in [3.8, 4) is 11.5 Å². The Morgan fingerprint density at radius 2 is 2.11 bits per heavy atom. The summed E-state index contributed by atoms with van der Waals surface area (Å²) in [5.41, 5.74) is 0.0451. The molecule has 1 N–H and O–H groups in total. The highest BCUT2D eigenvalue weighted by Crippen LogP contribution is 2.25. The van der Waals surface area contributed by atoms with E-state index in [1.165, 1.54) is 25.3 Å². The zero-order chi connectivity index (χ0) is 13.8. The van der Waals surface area contributed by atoms with Crippen molar-refractivity contribution in [3.63, 3.8) is 0 Å². The molecule has 0 aliphatic heterocycles. The Morgan fingerprint density at radius 1 is 1.44 bits per heavy atom. The van der Waals surface area contributed by atoms with Crippen molar-refractivity contribution >= 4 is 6.29 Å². The van der Waals surface area contributed by atoms with Crippen LogP contribution >= 0.6 is 0 Å². The van der Waals surface area contributed by atoms with E-state index in [9.17, 15) is 18.0 Å². The highest BCUT2D eigenvalue weighted by Gasteiger charge is 2.38. The highest BCUT2D eigenvalue weighted by molar-refractivity contribution is 5.80. The normalized spacial score (nSPS) is 12.9. The largest absolute Gasteiger partial charge is 0.497 e. The van der Waals surface area contributed by atoms with Gasteiger partial charge in [0.25, 0.3) is 0 Å². The summed E-state index contributed by atoms with van der Waals surface area (Å²) in [5, 5.41) is 8.75. The van der Waals surface area contributed by atoms with Crippen LogP contribution in [0, 0.1) is 0 Å². The first-order chi connectivity index (χ1) is 8.38. The maximum Gasteiger partial charge on any atom is 0.417 e. The number of rotatable bonds is 5. The average molecular weight is 264 g/mol. The summed E-state index contributed by atoms with van der Waals surface area (Å²) in [6, 6.07) is 4.05. The molecule has 0 amide bonds. The minimum Gasteiger partial charge on any atom is -0.497 e. The number of carbonyl (C=O) groups is 1. The third kappa shape index (κ3) is 3.63. The number of halogens is 3. The van der Waals surface area contributed by atoms with Gasteiger partial charge in [0.2, 0.25) is 0 Å². The van der Waals surface area contributed by atoms with E-state index in [0.717, 1.165) is 0 Å². The smallest absolute Gasteiger partial charge is 0.417 e. The molecular weight excluding hydrogens is 253 g/mol. The van der Waals surface area contributed by atoms with Crippen LogP contribution in [0.3, 0.4) is 0 Å². The molecule has 0 aliphatic rings. The number of aliphatic hydroxyl groups excluding tert-OH is 1. The Kier molecular flexibility index (Phi) is 4.55. The van der Waals surface area contributed by atoms with E-state index >= 15 is 0 Å². The standard InChI is InChI=1S/C11H11F3O4/c1-17-8-2-3-9(7(4-8)5-15)18-6-10(16)11(12,13)14/h2-5,10,16H,6H2,1H3. The lowest BCUT2D eigenvalue weighted by Gasteiger charge is -2.16. The van der Waals surface area contributed by atoms with Gasteiger partial charge in [-0.15, -0.1) is 0 Å². The van der Waals surface area contributed by atoms with E-state index in [4.69, 9.17) is 14.6 Å². The van der Waals surface area contributed by atoms with Crippen LogP contribution in [0.4, 0.5) is 13.2 Å². The maximum absolute atomic E-state index is 12.0. The lowest BCUT2D eigenvalue weighted by Crippen LogP contribution is -2.34. The topological polar surface area (TPSA) is 55.8 Å². The minimum absolute atomic E-state index is 0.0451. The van der Waals surface area contributed by atoms with Crippen molar-refractivity contribution in [3.05, 3.63) is 23.8 Å². The van der Waals surface area contributed by atoms with Crippen LogP contribution in [0.5, 0.6) is 11.5 Å². The fraction of sp³-hybridized carbons (Fsp3) is 0.364. The van der Waals surface area contributed by atoms with Gasteiger partial charge in [0, 0.05) is 0 Å². The molecule has 0 aliphatic carbocycles. The van der Waals surface area contributed by atoms with Gasteiger partial charge in [0.15, 0.2) is 12.4 Å². The lowest BCUT2D eigenvalue weighted by molar-refractivity contribution is -0.210. The molecule has 7 heteroatoms. The molecule has 0 bridgehead atoms. The number of carbonyl (C=O) groups excluding carboxylic acids is 1. The second-order valence-electron chi connectivity index (χ2n) is 3.39. The molecule has 1 aromatic carbocycles. The van der Waals surface area contributed by atoms with Gasteiger partial charge in [-0.2, -0.15) is 13.2 Å². The van der Waals surface area contributed by atoms with Gasteiger partial charge in [-0.1, -0.05) is 0 Å². The fourth-order valence-electron chi connectivity index (χ4n) is 1.14. The zero-order valence-electron chi connectivity index (χ0n) is 9.40. The van der Waals surface area contributed by atoms with Crippen LogP contribution in [-0.4, -0.2) is 37.4 Å². The van der Waals surface area contributed by atoms with E-state index in [1.54, 1.807) is 0 Å². The van der Waals surface area contributed by atoms with Crippen molar-refractivity contribution in [2.75, 3.05) is 13.7 Å². The van der Waals surface area contributed by atoms with Crippen LogP contribution in [-0.2, 0) is 0 Å². The Labute approximate surface area is 101 Å². The number of aldehydes is 1. The molecule has 100 valence electrons. The van der Waals surface area contributed by atoms with Gasteiger partial charge in [-0.3, -0.25) is 4.79 Å². The number of aliphatic hydroxyl groups is 1. The predicted octanol–water partition coefficient (Wildman–Crippen LogP) is 1.81. The van der Waals surface area contributed by atoms with Crippen molar-refractivity contribution < 1.29 is 32.5 Å². The second-order valence-corrected chi connectivity index (χ2v) is 3.39. The zero-order valence-corrected chi connectivity index (χ0v) is 9.40. The monoisotopic (exact) mass is 264 g/mol. The van der Waals surface area contributed by atoms with Crippen molar-refractivity contribution in [2.45, 2.75) is 12.3 Å². The molecule has 0 radical (unpaired) electrons. The lowest BCUT2D eigenvalue weighted by atomic mass is 10.2. The van der Waals surface area contributed by atoms with Crippen molar-refractivity contribution in [2.24, 2.45) is 0 Å². The van der Waals surface area contributed by atoms with E-state index in [1.807, 2.05) is 0 Å². The molecule has 0 saturated carbocycles. The van der Waals surface area contributed by atoms with Gasteiger partial charge < -0.3 is 14.6 Å². The molecule has 0 aromatic heterocycles. The molecule has 4 nitrogen and oxygen atoms in total. The van der Waals surface area contributed by atoms with Crippen LogP contribution in [0.1, 0.15) is 10.4 Å². The quantitative estimate of drug-likeness (QED) is 0.824. The minimum atomic E-state index is -4.76. The van der Waals surface area contributed by atoms with Gasteiger partial charge >= 0.3 is 6.18 Å². The van der Waals surface area contributed by atoms with E-state index in [0.29, 0.717) is 12.0 Å². The maximum atomic E-state index is 12.0. The molecule has 1 unspecified atom stereocenters. The summed E-state index contributed by atoms with van der Waals surface area (Å²) in [6.45, 7) is -0.976. The average Bonchev–Trinajstić information content (AvgIpc) is 2.34. The van der Waals surface area contributed by atoms with Gasteiger partial charge in [0.1, 0.15) is 18.1 Å². The summed E-state index contributed by atoms with van der Waals surface area (Å²) in [4.78, 5) is 10.7. The summed E-state index contributed by atoms with van der Waals surface area (Å²) in [7, 11) is 1.39. The molecule has 18 heavy (non-hydrogen) atoms. The van der Waals surface area contributed by atoms with E-state index in [-0.39, 0.29) is 11.3 Å². The van der Waals surface area contributed by atoms with Crippen LogP contribution in [0.25, 0.3) is 0 Å². The van der Waals surface area contributed by atoms with E-state index < -0.39 is 18.9 Å². The summed E-state index contributed by atoms with van der Waals surface area (Å²) >= 11 is 0. The number of alkyl halides is 3. The Bertz CT molecular complexity index is 417. The van der Waals surface area contributed by atoms with Crippen molar-refractivity contribution in [1.82, 2.24) is 0 Å². The molecule has 1 rings (SSSR count). The predicted molar refractivity (Wildman–Crippen MR) is 55.9 cm³/mol. The third-order valence-electron chi connectivity index (χ3n) is 2.12.